The fraction of sp³-hybridized carbons (Fsp3) is 0.792. The molecule has 4 N–H and O–H groups in total. The van der Waals surface area contributed by atoms with Crippen LogP contribution in [0, 0.1) is 5.41 Å². The molecular formula is C24H44O7. The molecule has 31 heavy (non-hydrogen) atoms. The molecule has 0 bridgehead atoms. The van der Waals surface area contributed by atoms with Crippen molar-refractivity contribution in [2.24, 2.45) is 5.41 Å². The molecule has 0 amide bonds. The summed E-state index contributed by atoms with van der Waals surface area (Å²) in [5.74, 6) is -2.87. The monoisotopic (exact) mass is 444 g/mol. The van der Waals surface area contributed by atoms with Crippen molar-refractivity contribution < 1.29 is 34.8 Å². The molecule has 0 aliphatic heterocycles. The molecular weight excluding hydrogens is 400 g/mol. The average molecular weight is 445 g/mol. The van der Waals surface area contributed by atoms with E-state index in [0.717, 1.165) is 51.4 Å². The van der Waals surface area contributed by atoms with Crippen molar-refractivity contribution in [2.45, 2.75) is 117 Å². The van der Waals surface area contributed by atoms with Gasteiger partial charge in [0.25, 0.3) is 0 Å². The lowest BCUT2D eigenvalue weighted by molar-refractivity contribution is -0.153. The van der Waals surface area contributed by atoms with E-state index in [9.17, 15) is 19.5 Å². The van der Waals surface area contributed by atoms with E-state index >= 15 is 0 Å². The van der Waals surface area contributed by atoms with Gasteiger partial charge in [0.2, 0.25) is 0 Å². The Morgan fingerprint density at radius 3 is 1.90 bits per heavy atom. The fourth-order valence-electron chi connectivity index (χ4n) is 2.82. The van der Waals surface area contributed by atoms with Crippen LogP contribution in [0.25, 0.3) is 0 Å². The lowest BCUT2D eigenvalue weighted by Crippen LogP contribution is -2.26. The van der Waals surface area contributed by atoms with Crippen LogP contribution in [0.4, 0.5) is 0 Å². The maximum atomic E-state index is 10.3. The second-order valence-electron chi connectivity index (χ2n) is 8.67. The summed E-state index contributed by atoms with van der Waals surface area (Å²) in [5, 5.41) is 35.0. The number of carboxylic acid groups (broad SMARTS) is 3. The van der Waals surface area contributed by atoms with E-state index in [4.69, 9.17) is 15.3 Å². The van der Waals surface area contributed by atoms with Crippen molar-refractivity contribution in [3.63, 3.8) is 0 Å². The van der Waals surface area contributed by atoms with Crippen LogP contribution in [-0.2, 0) is 14.4 Å². The molecule has 7 nitrogen and oxygen atoms in total. The number of hydrogen-bond acceptors (Lipinski definition) is 4. The van der Waals surface area contributed by atoms with Gasteiger partial charge in [0, 0.05) is 6.42 Å². The minimum atomic E-state index is -1.16. The molecule has 0 heterocycles. The van der Waals surface area contributed by atoms with Gasteiger partial charge in [0.1, 0.15) is 0 Å². The molecule has 0 saturated heterocycles. The summed E-state index contributed by atoms with van der Waals surface area (Å²) in [4.78, 5) is 30.7. The van der Waals surface area contributed by atoms with Crippen molar-refractivity contribution in [3.05, 3.63) is 12.2 Å². The van der Waals surface area contributed by atoms with Crippen LogP contribution in [-0.4, -0.2) is 44.4 Å². The zero-order chi connectivity index (χ0) is 24.1. The van der Waals surface area contributed by atoms with Gasteiger partial charge in [0.05, 0.1) is 17.9 Å². The summed E-state index contributed by atoms with van der Waals surface area (Å²) in [5.41, 5.74) is -1.16. The molecule has 0 saturated carbocycles. The van der Waals surface area contributed by atoms with Crippen LogP contribution in [0.5, 0.6) is 0 Å². The van der Waals surface area contributed by atoms with Crippen LogP contribution in [0.2, 0.25) is 0 Å². The average Bonchev–Trinajstić information content (AvgIpc) is 2.66. The van der Waals surface area contributed by atoms with E-state index in [-0.39, 0.29) is 12.5 Å². The van der Waals surface area contributed by atoms with E-state index in [1.165, 1.54) is 39.5 Å². The van der Waals surface area contributed by atoms with E-state index in [1.807, 2.05) is 0 Å². The van der Waals surface area contributed by atoms with Gasteiger partial charge in [-0.3, -0.25) is 14.4 Å². The smallest absolute Gasteiger partial charge is 0.309 e. The second kappa shape index (κ2) is 20.0. The fourth-order valence-corrected chi connectivity index (χ4v) is 2.82. The Kier molecular flexibility index (Phi) is 20.2. The van der Waals surface area contributed by atoms with E-state index in [2.05, 4.69) is 19.1 Å². The highest BCUT2D eigenvalue weighted by Gasteiger charge is 2.29. The molecule has 0 fully saturated rings. The van der Waals surface area contributed by atoms with Gasteiger partial charge in [0.15, 0.2) is 0 Å². The summed E-state index contributed by atoms with van der Waals surface area (Å²) in [6.07, 6.45) is 17.0. The molecule has 0 rings (SSSR count). The van der Waals surface area contributed by atoms with Crippen LogP contribution >= 0.6 is 0 Å². The highest BCUT2D eigenvalue weighted by molar-refractivity contribution is 5.80. The lowest BCUT2D eigenvalue weighted by Gasteiger charge is -2.14. The predicted octanol–water partition coefficient (Wildman–Crippen LogP) is 5.65. The second-order valence-corrected chi connectivity index (χ2v) is 8.67. The number of carbonyl (C=O) groups is 3. The molecule has 7 heteroatoms. The summed E-state index contributed by atoms with van der Waals surface area (Å²) in [6.45, 7) is 4.96. The number of rotatable bonds is 18. The van der Waals surface area contributed by atoms with Gasteiger partial charge < -0.3 is 20.4 Å². The van der Waals surface area contributed by atoms with Gasteiger partial charge in [-0.2, -0.15) is 0 Å². The van der Waals surface area contributed by atoms with Gasteiger partial charge in [-0.25, -0.2) is 0 Å². The van der Waals surface area contributed by atoms with Crippen molar-refractivity contribution in [1.82, 2.24) is 0 Å². The molecule has 1 atom stereocenters. The Balaban J connectivity index is 0. The Bertz CT molecular complexity index is 512. The zero-order valence-corrected chi connectivity index (χ0v) is 19.6. The summed E-state index contributed by atoms with van der Waals surface area (Å²) in [6, 6.07) is 0. The third-order valence-electron chi connectivity index (χ3n) is 4.90. The minimum Gasteiger partial charge on any atom is -0.481 e. The number of allylic oxidation sites excluding steroid dienone is 1. The Morgan fingerprint density at radius 1 is 0.806 bits per heavy atom. The van der Waals surface area contributed by atoms with Crippen LogP contribution < -0.4 is 0 Å². The van der Waals surface area contributed by atoms with Gasteiger partial charge >= 0.3 is 17.9 Å². The number of aliphatic carboxylic acids is 3. The zero-order valence-electron chi connectivity index (χ0n) is 19.6. The summed E-state index contributed by atoms with van der Waals surface area (Å²) in [7, 11) is 0. The number of hydrogen-bond donors (Lipinski definition) is 4. The summed E-state index contributed by atoms with van der Waals surface area (Å²) >= 11 is 0. The van der Waals surface area contributed by atoms with Gasteiger partial charge in [-0.1, -0.05) is 64.0 Å². The van der Waals surface area contributed by atoms with Crippen molar-refractivity contribution in [1.29, 1.82) is 0 Å². The molecule has 0 aromatic carbocycles. The topological polar surface area (TPSA) is 132 Å². The molecule has 0 aliphatic carbocycles. The van der Waals surface area contributed by atoms with Gasteiger partial charge in [-0.05, 0) is 46.0 Å². The van der Waals surface area contributed by atoms with Gasteiger partial charge in [-0.15, -0.1) is 0 Å². The molecule has 0 aromatic rings. The first-order valence-electron chi connectivity index (χ1n) is 11.5. The highest BCUT2D eigenvalue weighted by Crippen LogP contribution is 2.19. The Hall–Kier alpha value is -1.89. The number of carboxylic acids is 3. The molecule has 0 aliphatic rings. The van der Waals surface area contributed by atoms with Crippen LogP contribution in [0.1, 0.15) is 111 Å². The largest absolute Gasteiger partial charge is 0.481 e. The van der Waals surface area contributed by atoms with Crippen LogP contribution in [0.3, 0.4) is 0 Å². The first-order chi connectivity index (χ1) is 14.5. The Morgan fingerprint density at radius 2 is 1.39 bits per heavy atom. The molecule has 1 unspecified atom stereocenters. The highest BCUT2D eigenvalue weighted by atomic mass is 16.4. The predicted molar refractivity (Wildman–Crippen MR) is 122 cm³/mol. The maximum absolute atomic E-state index is 10.3. The third-order valence-corrected chi connectivity index (χ3v) is 4.90. The first-order valence-corrected chi connectivity index (χ1v) is 11.5. The number of aliphatic hydroxyl groups excluding tert-OH is 1. The number of unbranched alkanes of at least 4 members (excludes halogenated alkanes) is 8. The third kappa shape index (κ3) is 24.3. The van der Waals surface area contributed by atoms with E-state index in [0.29, 0.717) is 6.42 Å². The Labute approximate surface area is 187 Å². The quantitative estimate of drug-likeness (QED) is 0.159. The molecule has 182 valence electrons. The standard InChI is InChI=1S/C18H34O3.C6H10O4/c1-2-3-4-11-14-17(19)15-12-9-7-5-6-8-10-13-16-18(20)21;1-6(2,5(9)10)3-4(7)8/h9,12,17,19H,2-8,10-11,13-16H2,1H3,(H,20,21);3H2,1-2H3,(H,7,8)(H,9,10)/b12-9-;. The normalized spacial score (nSPS) is 12.3. The lowest BCUT2D eigenvalue weighted by atomic mass is 9.90. The SMILES string of the molecule is CC(C)(CC(=O)O)C(=O)O.CCCCCCC(O)C/C=C\CCCCCCCC(=O)O. The maximum Gasteiger partial charge on any atom is 0.309 e. The van der Waals surface area contributed by atoms with Crippen molar-refractivity contribution in [2.75, 3.05) is 0 Å². The van der Waals surface area contributed by atoms with Crippen molar-refractivity contribution >= 4 is 17.9 Å². The minimum absolute atomic E-state index is 0.172. The number of aliphatic hydroxyl groups is 1. The molecule has 0 spiro atoms. The van der Waals surface area contributed by atoms with Crippen LogP contribution in [0.15, 0.2) is 12.2 Å². The van der Waals surface area contributed by atoms with E-state index < -0.39 is 23.3 Å². The molecule has 0 aromatic heterocycles. The first kappa shape index (κ1) is 31.3. The summed E-state index contributed by atoms with van der Waals surface area (Å²) < 4.78 is 0. The molecule has 0 radical (unpaired) electrons. The van der Waals surface area contributed by atoms with E-state index in [1.54, 1.807) is 0 Å². The van der Waals surface area contributed by atoms with Crippen molar-refractivity contribution in [3.8, 4) is 0 Å².